The van der Waals surface area contributed by atoms with Crippen LogP contribution in [0.4, 0.5) is 13.2 Å². The van der Waals surface area contributed by atoms with Crippen molar-refractivity contribution in [3.8, 4) is 0 Å². The molecular formula is C15H17F3O3S. The van der Waals surface area contributed by atoms with Gasteiger partial charge in [0, 0.05) is 0 Å². The first-order valence-corrected chi connectivity index (χ1v) is 8.78. The van der Waals surface area contributed by atoms with Gasteiger partial charge >= 0.3 is 6.18 Å². The molecule has 1 N–H and O–H groups in total. The number of sulfone groups is 1. The van der Waals surface area contributed by atoms with Gasteiger partial charge in [0.2, 0.25) is 0 Å². The molecule has 7 heteroatoms. The van der Waals surface area contributed by atoms with E-state index >= 15 is 0 Å². The number of fused-ring (bicyclic) bond motifs is 2. The van der Waals surface area contributed by atoms with E-state index in [0.717, 1.165) is 12.1 Å². The number of hydrogen-bond acceptors (Lipinski definition) is 3. The largest absolute Gasteiger partial charge is 0.416 e. The number of rotatable bonds is 1. The van der Waals surface area contributed by atoms with E-state index in [-0.39, 0.29) is 18.4 Å². The number of benzene rings is 1. The Bertz CT molecular complexity index is 689. The number of halogens is 3. The SMILES string of the molecule is Cc1cc(C(F)(F)F)cc(C2(O)CC3CCC(C2)S3(=O)=O)c1. The summed E-state index contributed by atoms with van der Waals surface area (Å²) in [5.74, 6) is 0. The second-order valence-electron chi connectivity index (χ2n) is 6.44. The molecule has 2 fully saturated rings. The molecule has 2 unspecified atom stereocenters. The third-order valence-electron chi connectivity index (χ3n) is 4.81. The highest BCUT2D eigenvalue weighted by Gasteiger charge is 2.53. The lowest BCUT2D eigenvalue weighted by Crippen LogP contribution is -2.43. The molecular weight excluding hydrogens is 317 g/mol. The van der Waals surface area contributed by atoms with Crippen LogP contribution in [0.3, 0.4) is 0 Å². The summed E-state index contributed by atoms with van der Waals surface area (Å²) in [5.41, 5.74) is -1.73. The zero-order valence-electron chi connectivity index (χ0n) is 12.0. The van der Waals surface area contributed by atoms with Crippen molar-refractivity contribution in [2.24, 2.45) is 0 Å². The molecule has 122 valence electrons. The lowest BCUT2D eigenvalue weighted by Gasteiger charge is -2.37. The minimum atomic E-state index is -4.49. The van der Waals surface area contributed by atoms with Gasteiger partial charge in [0.1, 0.15) is 0 Å². The predicted octanol–water partition coefficient (Wildman–Crippen LogP) is 2.94. The number of alkyl halides is 3. The van der Waals surface area contributed by atoms with E-state index in [1.54, 1.807) is 0 Å². The molecule has 3 nitrogen and oxygen atoms in total. The van der Waals surface area contributed by atoms with Gasteiger partial charge in [0.15, 0.2) is 9.84 Å². The van der Waals surface area contributed by atoms with Crippen LogP contribution in [0.15, 0.2) is 18.2 Å². The van der Waals surface area contributed by atoms with Crippen molar-refractivity contribution in [3.05, 3.63) is 34.9 Å². The molecule has 2 atom stereocenters. The molecule has 2 saturated heterocycles. The molecule has 2 aliphatic heterocycles. The number of aliphatic hydroxyl groups is 1. The fourth-order valence-electron chi connectivity index (χ4n) is 3.70. The number of hydrogen-bond donors (Lipinski definition) is 1. The first-order valence-electron chi connectivity index (χ1n) is 7.17. The normalized spacial score (nSPS) is 33.9. The second-order valence-corrected chi connectivity index (χ2v) is 8.95. The van der Waals surface area contributed by atoms with Crippen molar-refractivity contribution in [2.45, 2.75) is 54.9 Å². The van der Waals surface area contributed by atoms with Gasteiger partial charge in [-0.25, -0.2) is 8.42 Å². The highest BCUT2D eigenvalue weighted by Crippen LogP contribution is 2.48. The second kappa shape index (κ2) is 4.71. The van der Waals surface area contributed by atoms with Crippen molar-refractivity contribution in [1.82, 2.24) is 0 Å². The van der Waals surface area contributed by atoms with Crippen molar-refractivity contribution < 1.29 is 26.7 Å². The van der Waals surface area contributed by atoms with E-state index in [1.165, 1.54) is 13.0 Å². The third kappa shape index (κ3) is 2.44. The summed E-state index contributed by atoms with van der Waals surface area (Å²) in [6.45, 7) is 1.54. The fourth-order valence-corrected chi connectivity index (χ4v) is 6.19. The maximum Gasteiger partial charge on any atom is 0.416 e. The fraction of sp³-hybridized carbons (Fsp3) is 0.600. The minimum absolute atomic E-state index is 0.0212. The molecule has 0 saturated carbocycles. The maximum absolute atomic E-state index is 13.0. The third-order valence-corrected chi connectivity index (χ3v) is 7.48. The summed E-state index contributed by atoms with van der Waals surface area (Å²) in [6.07, 6.45) is -3.57. The Morgan fingerprint density at radius 1 is 1.14 bits per heavy atom. The van der Waals surface area contributed by atoms with Gasteiger partial charge in [0.25, 0.3) is 0 Å². The molecule has 22 heavy (non-hydrogen) atoms. The molecule has 2 heterocycles. The monoisotopic (exact) mass is 334 g/mol. The molecule has 0 spiro atoms. The highest BCUT2D eigenvalue weighted by atomic mass is 32.2. The van der Waals surface area contributed by atoms with E-state index in [1.807, 2.05) is 0 Å². The Labute approximate surface area is 127 Å². The van der Waals surface area contributed by atoms with Crippen LogP contribution >= 0.6 is 0 Å². The van der Waals surface area contributed by atoms with Crippen molar-refractivity contribution in [1.29, 1.82) is 0 Å². The maximum atomic E-state index is 13.0. The Balaban J connectivity index is 2.03. The molecule has 0 radical (unpaired) electrons. The van der Waals surface area contributed by atoms with Gasteiger partial charge in [-0.3, -0.25) is 0 Å². The molecule has 1 aromatic rings. The Kier molecular flexibility index (Phi) is 3.38. The van der Waals surface area contributed by atoms with Gasteiger partial charge in [-0.15, -0.1) is 0 Å². The van der Waals surface area contributed by atoms with Crippen LogP contribution in [0.2, 0.25) is 0 Å². The predicted molar refractivity (Wildman–Crippen MR) is 75.0 cm³/mol. The average molecular weight is 334 g/mol. The molecule has 2 aliphatic rings. The van der Waals surface area contributed by atoms with Crippen LogP contribution in [0, 0.1) is 6.92 Å². The zero-order chi connectivity index (χ0) is 16.3. The van der Waals surface area contributed by atoms with Gasteiger partial charge in [0.05, 0.1) is 21.7 Å². The van der Waals surface area contributed by atoms with Crippen LogP contribution in [0.5, 0.6) is 0 Å². The molecule has 0 amide bonds. The first kappa shape index (κ1) is 15.8. The van der Waals surface area contributed by atoms with Gasteiger partial charge in [-0.1, -0.05) is 11.6 Å². The van der Waals surface area contributed by atoms with Crippen LogP contribution in [0.25, 0.3) is 0 Å². The Morgan fingerprint density at radius 3 is 2.18 bits per heavy atom. The summed E-state index contributed by atoms with van der Waals surface area (Å²) in [6, 6.07) is 3.50. The van der Waals surface area contributed by atoms with E-state index in [0.29, 0.717) is 18.4 Å². The zero-order valence-corrected chi connectivity index (χ0v) is 12.8. The van der Waals surface area contributed by atoms with Gasteiger partial charge < -0.3 is 5.11 Å². The molecule has 0 aliphatic carbocycles. The number of aryl methyl sites for hydroxylation is 1. The lowest BCUT2D eigenvalue weighted by atomic mass is 9.84. The summed E-state index contributed by atoms with van der Waals surface area (Å²) in [7, 11) is -3.24. The van der Waals surface area contributed by atoms with Crippen LogP contribution < -0.4 is 0 Å². The summed E-state index contributed by atoms with van der Waals surface area (Å²) in [4.78, 5) is 0. The molecule has 1 aromatic carbocycles. The molecule has 0 aromatic heterocycles. The van der Waals surface area contributed by atoms with Crippen molar-refractivity contribution in [3.63, 3.8) is 0 Å². The van der Waals surface area contributed by atoms with Gasteiger partial charge in [-0.2, -0.15) is 13.2 Å². The molecule has 3 rings (SSSR count). The van der Waals surface area contributed by atoms with E-state index in [2.05, 4.69) is 0 Å². The Morgan fingerprint density at radius 2 is 1.68 bits per heavy atom. The minimum Gasteiger partial charge on any atom is -0.385 e. The summed E-state index contributed by atoms with van der Waals surface area (Å²) < 4.78 is 63.0. The Hall–Kier alpha value is -1.08. The first-order chi connectivity index (χ1) is 10.0. The molecule has 2 bridgehead atoms. The van der Waals surface area contributed by atoms with Crippen LogP contribution in [-0.2, 0) is 21.6 Å². The average Bonchev–Trinajstić information content (AvgIpc) is 2.58. The topological polar surface area (TPSA) is 54.4 Å². The standard InChI is InChI=1S/C15H17F3O3S/c1-9-4-10(6-11(5-9)15(16,17)18)14(19)7-12-2-3-13(8-14)22(12,20)21/h4-6,12-13,19H,2-3,7-8H2,1H3. The van der Waals surface area contributed by atoms with Gasteiger partial charge in [-0.05, 0) is 50.3 Å². The summed E-state index contributed by atoms with van der Waals surface area (Å²) >= 11 is 0. The summed E-state index contributed by atoms with van der Waals surface area (Å²) in [5, 5.41) is 9.54. The smallest absolute Gasteiger partial charge is 0.385 e. The highest BCUT2D eigenvalue weighted by molar-refractivity contribution is 7.93. The van der Waals surface area contributed by atoms with Crippen LogP contribution in [0.1, 0.15) is 42.4 Å². The lowest BCUT2D eigenvalue weighted by molar-refractivity contribution is -0.137. The van der Waals surface area contributed by atoms with Crippen LogP contribution in [-0.4, -0.2) is 24.0 Å². The quantitative estimate of drug-likeness (QED) is 0.859. The van der Waals surface area contributed by atoms with Crippen molar-refractivity contribution in [2.75, 3.05) is 0 Å². The van der Waals surface area contributed by atoms with E-state index in [4.69, 9.17) is 0 Å². The van der Waals surface area contributed by atoms with Crippen molar-refractivity contribution >= 4 is 9.84 Å². The van der Waals surface area contributed by atoms with E-state index < -0.39 is 37.7 Å². The van der Waals surface area contributed by atoms with E-state index in [9.17, 15) is 26.7 Å².